The summed E-state index contributed by atoms with van der Waals surface area (Å²) in [5.41, 5.74) is 0.597. The summed E-state index contributed by atoms with van der Waals surface area (Å²) in [5.74, 6) is -1.05. The summed E-state index contributed by atoms with van der Waals surface area (Å²) in [6, 6.07) is 1.51. The van der Waals surface area contributed by atoms with E-state index in [4.69, 9.17) is 5.11 Å². The molecule has 0 amide bonds. The SMILES string of the molecule is O=C(O)C=Cc1csc(S(=O)(=O)N2CCCC2)c1. The molecule has 2 rings (SSSR count). The molecule has 0 spiro atoms. The van der Waals surface area contributed by atoms with Crippen molar-refractivity contribution in [3.63, 3.8) is 0 Å². The van der Waals surface area contributed by atoms with Gasteiger partial charge >= 0.3 is 5.97 Å². The van der Waals surface area contributed by atoms with E-state index in [1.54, 1.807) is 5.38 Å². The Morgan fingerprint density at radius 1 is 1.39 bits per heavy atom. The van der Waals surface area contributed by atoms with Crippen molar-refractivity contribution in [1.29, 1.82) is 0 Å². The van der Waals surface area contributed by atoms with Gasteiger partial charge in [0, 0.05) is 19.2 Å². The van der Waals surface area contributed by atoms with Crippen LogP contribution in [-0.4, -0.2) is 36.9 Å². The molecule has 0 atom stereocenters. The van der Waals surface area contributed by atoms with E-state index >= 15 is 0 Å². The molecule has 1 aromatic heterocycles. The molecule has 0 radical (unpaired) electrons. The van der Waals surface area contributed by atoms with Crippen molar-refractivity contribution in [2.24, 2.45) is 0 Å². The van der Waals surface area contributed by atoms with Crippen LogP contribution in [0.15, 0.2) is 21.7 Å². The van der Waals surface area contributed by atoms with E-state index in [1.165, 1.54) is 16.4 Å². The Kier molecular flexibility index (Phi) is 3.84. The van der Waals surface area contributed by atoms with Crippen molar-refractivity contribution in [2.45, 2.75) is 17.1 Å². The quantitative estimate of drug-likeness (QED) is 0.854. The normalized spacial score (nSPS) is 17.6. The summed E-state index contributed by atoms with van der Waals surface area (Å²) in [7, 11) is -3.39. The van der Waals surface area contributed by atoms with Gasteiger partial charge in [-0.3, -0.25) is 0 Å². The summed E-state index contributed by atoms with van der Waals surface area (Å²) in [4.78, 5) is 10.4. The number of carboxylic acids is 1. The van der Waals surface area contributed by atoms with Crippen LogP contribution in [0.1, 0.15) is 18.4 Å². The Morgan fingerprint density at radius 2 is 2.06 bits per heavy atom. The van der Waals surface area contributed by atoms with Gasteiger partial charge in [0.05, 0.1) is 0 Å². The van der Waals surface area contributed by atoms with Crippen LogP contribution in [0.5, 0.6) is 0 Å². The zero-order valence-electron chi connectivity index (χ0n) is 9.57. The van der Waals surface area contributed by atoms with Crippen LogP contribution in [0.2, 0.25) is 0 Å². The van der Waals surface area contributed by atoms with E-state index in [2.05, 4.69) is 0 Å². The number of hydrogen-bond donors (Lipinski definition) is 1. The van der Waals surface area contributed by atoms with Crippen LogP contribution in [0.4, 0.5) is 0 Å². The lowest BCUT2D eigenvalue weighted by Gasteiger charge is -2.13. The van der Waals surface area contributed by atoms with Crippen molar-refractivity contribution in [2.75, 3.05) is 13.1 Å². The highest BCUT2D eigenvalue weighted by molar-refractivity contribution is 7.91. The first-order chi connectivity index (χ1) is 8.50. The van der Waals surface area contributed by atoms with E-state index in [1.807, 2.05) is 0 Å². The van der Waals surface area contributed by atoms with Crippen molar-refractivity contribution < 1.29 is 18.3 Å². The van der Waals surface area contributed by atoms with Crippen LogP contribution in [0.25, 0.3) is 6.08 Å². The molecule has 0 bridgehead atoms. The van der Waals surface area contributed by atoms with Gasteiger partial charge in [-0.25, -0.2) is 13.2 Å². The number of hydrogen-bond acceptors (Lipinski definition) is 4. The van der Waals surface area contributed by atoms with Crippen LogP contribution in [-0.2, 0) is 14.8 Å². The van der Waals surface area contributed by atoms with Gasteiger partial charge < -0.3 is 5.11 Å². The predicted octanol–water partition coefficient (Wildman–Crippen LogP) is 1.63. The van der Waals surface area contributed by atoms with Crippen LogP contribution in [0, 0.1) is 0 Å². The molecule has 1 aromatic rings. The van der Waals surface area contributed by atoms with Gasteiger partial charge in [0.2, 0.25) is 0 Å². The maximum atomic E-state index is 12.2. The lowest BCUT2D eigenvalue weighted by molar-refractivity contribution is -0.131. The lowest BCUT2D eigenvalue weighted by atomic mass is 10.3. The number of carbonyl (C=O) groups is 1. The van der Waals surface area contributed by atoms with Crippen molar-refractivity contribution in [1.82, 2.24) is 4.31 Å². The van der Waals surface area contributed by atoms with Crippen molar-refractivity contribution in [3.8, 4) is 0 Å². The summed E-state index contributed by atoms with van der Waals surface area (Å²) in [5, 5.41) is 10.1. The molecule has 1 saturated heterocycles. The van der Waals surface area contributed by atoms with Crippen LogP contribution in [0.3, 0.4) is 0 Å². The summed E-state index contributed by atoms with van der Waals surface area (Å²) in [6.45, 7) is 1.14. The van der Waals surface area contributed by atoms with Gasteiger partial charge in [-0.1, -0.05) is 0 Å². The molecule has 5 nitrogen and oxygen atoms in total. The first kappa shape index (κ1) is 13.3. The van der Waals surface area contributed by atoms with E-state index in [9.17, 15) is 13.2 Å². The third-order valence-corrected chi connectivity index (χ3v) is 6.01. The summed E-state index contributed by atoms with van der Waals surface area (Å²) >= 11 is 1.12. The first-order valence-corrected chi connectivity index (χ1v) is 7.82. The van der Waals surface area contributed by atoms with E-state index in [0.29, 0.717) is 18.7 Å². The largest absolute Gasteiger partial charge is 0.478 e. The monoisotopic (exact) mass is 287 g/mol. The fourth-order valence-electron chi connectivity index (χ4n) is 1.78. The summed E-state index contributed by atoms with van der Waals surface area (Å²) in [6.07, 6.45) is 4.18. The second-order valence-corrected chi connectivity index (χ2v) is 7.06. The molecule has 2 heterocycles. The van der Waals surface area contributed by atoms with Gasteiger partial charge in [-0.15, -0.1) is 11.3 Å². The lowest BCUT2D eigenvalue weighted by Crippen LogP contribution is -2.27. The molecule has 0 unspecified atom stereocenters. The number of thiophene rings is 1. The molecule has 1 fully saturated rings. The van der Waals surface area contributed by atoms with E-state index in [0.717, 1.165) is 30.3 Å². The highest BCUT2D eigenvalue weighted by atomic mass is 32.2. The first-order valence-electron chi connectivity index (χ1n) is 5.50. The maximum Gasteiger partial charge on any atom is 0.328 e. The Labute approximate surface area is 109 Å². The zero-order valence-corrected chi connectivity index (χ0v) is 11.2. The topological polar surface area (TPSA) is 74.7 Å². The molecule has 0 aliphatic carbocycles. The number of nitrogens with zero attached hydrogens (tertiary/aromatic N) is 1. The Bertz CT molecular complexity index is 568. The Balaban J connectivity index is 2.21. The standard InChI is InChI=1S/C11H13NO4S2/c13-10(14)4-3-9-7-11(17-8-9)18(15,16)12-5-1-2-6-12/h3-4,7-8H,1-2,5-6H2,(H,13,14). The second-order valence-electron chi connectivity index (χ2n) is 3.98. The third kappa shape index (κ3) is 2.80. The van der Waals surface area contributed by atoms with Gasteiger partial charge in [0.25, 0.3) is 10.0 Å². The molecule has 0 saturated carbocycles. The molecule has 7 heteroatoms. The van der Waals surface area contributed by atoms with Crippen LogP contribution < -0.4 is 0 Å². The molecule has 1 aliphatic heterocycles. The molecular formula is C11H13NO4S2. The number of sulfonamides is 1. The smallest absolute Gasteiger partial charge is 0.328 e. The average Bonchev–Trinajstić information content (AvgIpc) is 2.98. The fraction of sp³-hybridized carbons (Fsp3) is 0.364. The molecule has 1 aliphatic rings. The minimum atomic E-state index is -3.39. The van der Waals surface area contributed by atoms with Gasteiger partial charge in [0.1, 0.15) is 4.21 Å². The molecule has 98 valence electrons. The molecule has 18 heavy (non-hydrogen) atoms. The van der Waals surface area contributed by atoms with Gasteiger partial charge in [-0.2, -0.15) is 4.31 Å². The van der Waals surface area contributed by atoms with Gasteiger partial charge in [-0.05, 0) is 35.9 Å². The number of rotatable bonds is 4. The van der Waals surface area contributed by atoms with E-state index < -0.39 is 16.0 Å². The number of carboxylic acid groups (broad SMARTS) is 1. The highest BCUT2D eigenvalue weighted by Crippen LogP contribution is 2.26. The second kappa shape index (κ2) is 5.21. The predicted molar refractivity (Wildman–Crippen MR) is 69.0 cm³/mol. The minimum absolute atomic E-state index is 0.273. The maximum absolute atomic E-state index is 12.2. The number of aliphatic carboxylic acids is 1. The highest BCUT2D eigenvalue weighted by Gasteiger charge is 2.28. The Morgan fingerprint density at radius 3 is 2.67 bits per heavy atom. The van der Waals surface area contributed by atoms with Crippen LogP contribution >= 0.6 is 11.3 Å². The van der Waals surface area contributed by atoms with Crippen molar-refractivity contribution >= 4 is 33.4 Å². The average molecular weight is 287 g/mol. The summed E-state index contributed by atoms with van der Waals surface area (Å²) < 4.78 is 26.1. The Hall–Kier alpha value is -1.18. The zero-order chi connectivity index (χ0) is 13.2. The van der Waals surface area contributed by atoms with Gasteiger partial charge in [0.15, 0.2) is 0 Å². The molecule has 0 aromatic carbocycles. The molecular weight excluding hydrogens is 274 g/mol. The van der Waals surface area contributed by atoms with Crippen molar-refractivity contribution in [3.05, 3.63) is 23.1 Å². The minimum Gasteiger partial charge on any atom is -0.478 e. The van der Waals surface area contributed by atoms with E-state index in [-0.39, 0.29) is 4.21 Å². The third-order valence-electron chi connectivity index (χ3n) is 2.67. The molecule has 1 N–H and O–H groups in total. The fourth-order valence-corrected chi connectivity index (χ4v) is 4.60.